The van der Waals surface area contributed by atoms with Crippen molar-refractivity contribution in [3.8, 4) is 11.5 Å². The van der Waals surface area contributed by atoms with E-state index in [0.717, 1.165) is 17.1 Å². The first-order valence-electron chi connectivity index (χ1n) is 6.39. The van der Waals surface area contributed by atoms with E-state index in [9.17, 15) is 8.42 Å². The van der Waals surface area contributed by atoms with Crippen LogP contribution >= 0.6 is 0 Å². The Bertz CT molecular complexity index is 584. The van der Waals surface area contributed by atoms with Crippen LogP contribution in [0, 0.1) is 0 Å². The van der Waals surface area contributed by atoms with E-state index in [0.29, 0.717) is 12.2 Å². The van der Waals surface area contributed by atoms with Gasteiger partial charge in [-0.05, 0) is 31.0 Å². The smallest absolute Gasteiger partial charge is 0.231 e. The van der Waals surface area contributed by atoms with Crippen molar-refractivity contribution < 1.29 is 17.9 Å². The van der Waals surface area contributed by atoms with Crippen molar-refractivity contribution in [3.05, 3.63) is 23.8 Å². The number of fused-ring (bicyclic) bond motifs is 1. The van der Waals surface area contributed by atoms with Crippen LogP contribution in [0.1, 0.15) is 24.9 Å². The third kappa shape index (κ3) is 2.69. The number of rotatable bonds is 3. The van der Waals surface area contributed by atoms with Crippen LogP contribution in [-0.2, 0) is 9.84 Å². The molecule has 0 aromatic heterocycles. The van der Waals surface area contributed by atoms with E-state index in [1.54, 1.807) is 0 Å². The molecule has 1 fully saturated rings. The summed E-state index contributed by atoms with van der Waals surface area (Å²) in [7, 11) is -2.84. The second kappa shape index (κ2) is 4.68. The summed E-state index contributed by atoms with van der Waals surface area (Å²) < 4.78 is 33.5. The van der Waals surface area contributed by atoms with E-state index >= 15 is 0 Å². The van der Waals surface area contributed by atoms with Gasteiger partial charge in [0.2, 0.25) is 6.79 Å². The Hall–Kier alpha value is -1.27. The Kier molecular flexibility index (Phi) is 3.14. The van der Waals surface area contributed by atoms with Gasteiger partial charge >= 0.3 is 0 Å². The molecule has 2 aliphatic rings. The molecule has 1 aromatic rings. The Morgan fingerprint density at radius 3 is 2.84 bits per heavy atom. The number of hydrogen-bond acceptors (Lipinski definition) is 5. The maximum Gasteiger partial charge on any atom is 0.231 e. The van der Waals surface area contributed by atoms with Crippen LogP contribution in [-0.4, -0.2) is 32.8 Å². The fourth-order valence-electron chi connectivity index (χ4n) is 2.56. The predicted molar refractivity (Wildman–Crippen MR) is 71.2 cm³/mol. The van der Waals surface area contributed by atoms with Gasteiger partial charge in [0, 0.05) is 12.1 Å². The van der Waals surface area contributed by atoms with Gasteiger partial charge in [-0.1, -0.05) is 6.07 Å². The lowest BCUT2D eigenvalue weighted by molar-refractivity contribution is 0.174. The molecule has 1 aromatic carbocycles. The summed E-state index contributed by atoms with van der Waals surface area (Å²) in [6.07, 6.45) is 0.692. The van der Waals surface area contributed by atoms with Gasteiger partial charge in [-0.2, -0.15) is 0 Å². The molecule has 1 saturated heterocycles. The molecule has 2 atom stereocenters. The zero-order chi connectivity index (χ0) is 13.5. The maximum atomic E-state index is 11.4. The summed E-state index contributed by atoms with van der Waals surface area (Å²) >= 11 is 0. The van der Waals surface area contributed by atoms with E-state index in [1.807, 2.05) is 25.1 Å². The molecular formula is C13H17NO4S. The van der Waals surface area contributed by atoms with Crippen LogP contribution < -0.4 is 14.8 Å². The summed E-state index contributed by atoms with van der Waals surface area (Å²) in [6.45, 7) is 2.30. The third-order valence-corrected chi connectivity index (χ3v) is 5.38. The molecule has 0 bridgehead atoms. The van der Waals surface area contributed by atoms with E-state index < -0.39 is 9.84 Å². The van der Waals surface area contributed by atoms with Crippen molar-refractivity contribution in [2.45, 2.75) is 25.4 Å². The van der Waals surface area contributed by atoms with Gasteiger partial charge in [-0.3, -0.25) is 0 Å². The monoisotopic (exact) mass is 283 g/mol. The van der Waals surface area contributed by atoms with Crippen LogP contribution in [0.15, 0.2) is 18.2 Å². The fourth-order valence-corrected chi connectivity index (χ4v) is 4.24. The second-order valence-electron chi connectivity index (χ2n) is 5.10. The number of ether oxygens (including phenoxy) is 2. The van der Waals surface area contributed by atoms with E-state index in [1.165, 1.54) is 0 Å². The molecule has 2 unspecified atom stereocenters. The SMILES string of the molecule is CC(NC1CCS(=O)(=O)C1)c1ccc2c(c1)OCO2. The molecule has 0 saturated carbocycles. The summed E-state index contributed by atoms with van der Waals surface area (Å²) in [6, 6.07) is 5.96. The normalized spacial score (nSPS) is 25.4. The summed E-state index contributed by atoms with van der Waals surface area (Å²) in [5.41, 5.74) is 1.08. The van der Waals surface area contributed by atoms with E-state index in [2.05, 4.69) is 5.32 Å². The van der Waals surface area contributed by atoms with Gasteiger partial charge in [0.05, 0.1) is 11.5 Å². The van der Waals surface area contributed by atoms with Crippen LogP contribution in [0.25, 0.3) is 0 Å². The molecule has 19 heavy (non-hydrogen) atoms. The average molecular weight is 283 g/mol. The van der Waals surface area contributed by atoms with Crippen molar-refractivity contribution in [1.82, 2.24) is 5.32 Å². The average Bonchev–Trinajstić information content (AvgIpc) is 2.94. The van der Waals surface area contributed by atoms with Crippen molar-refractivity contribution in [3.63, 3.8) is 0 Å². The van der Waals surface area contributed by atoms with Crippen molar-refractivity contribution in [2.24, 2.45) is 0 Å². The van der Waals surface area contributed by atoms with Gasteiger partial charge in [0.1, 0.15) is 0 Å². The van der Waals surface area contributed by atoms with Crippen LogP contribution in [0.5, 0.6) is 11.5 Å². The summed E-state index contributed by atoms with van der Waals surface area (Å²) in [5, 5.41) is 3.37. The molecule has 3 rings (SSSR count). The van der Waals surface area contributed by atoms with Crippen LogP contribution in [0.3, 0.4) is 0 Å². The molecule has 0 spiro atoms. The highest BCUT2D eigenvalue weighted by molar-refractivity contribution is 7.91. The lowest BCUT2D eigenvalue weighted by atomic mass is 10.1. The number of sulfone groups is 1. The highest BCUT2D eigenvalue weighted by Gasteiger charge is 2.29. The molecular weight excluding hydrogens is 266 g/mol. The van der Waals surface area contributed by atoms with Crippen molar-refractivity contribution in [1.29, 1.82) is 0 Å². The predicted octanol–water partition coefficient (Wildman–Crippen LogP) is 1.25. The third-order valence-electron chi connectivity index (χ3n) is 3.61. The van der Waals surface area contributed by atoms with Gasteiger partial charge in [0.15, 0.2) is 21.3 Å². The highest BCUT2D eigenvalue weighted by atomic mass is 32.2. The Labute approximate surface area is 112 Å². The summed E-state index contributed by atoms with van der Waals surface area (Å²) in [4.78, 5) is 0. The van der Waals surface area contributed by atoms with Gasteiger partial charge < -0.3 is 14.8 Å². The number of hydrogen-bond donors (Lipinski definition) is 1. The Morgan fingerprint density at radius 2 is 2.11 bits per heavy atom. The Balaban J connectivity index is 1.69. The fraction of sp³-hybridized carbons (Fsp3) is 0.538. The van der Waals surface area contributed by atoms with Gasteiger partial charge in [-0.25, -0.2) is 8.42 Å². The van der Waals surface area contributed by atoms with E-state index in [-0.39, 0.29) is 24.6 Å². The molecule has 104 valence electrons. The number of nitrogens with one attached hydrogen (secondary N) is 1. The standard InChI is InChI=1S/C13H17NO4S/c1-9(14-11-4-5-19(15,16)7-11)10-2-3-12-13(6-10)18-8-17-12/h2-3,6,9,11,14H,4-5,7-8H2,1H3. The quantitative estimate of drug-likeness (QED) is 0.904. The first-order chi connectivity index (χ1) is 9.03. The first kappa shape index (κ1) is 12.7. The largest absolute Gasteiger partial charge is 0.454 e. The molecule has 0 aliphatic carbocycles. The lowest BCUT2D eigenvalue weighted by Gasteiger charge is -2.19. The van der Waals surface area contributed by atoms with Crippen LogP contribution in [0.2, 0.25) is 0 Å². The molecule has 2 heterocycles. The number of benzene rings is 1. The van der Waals surface area contributed by atoms with E-state index in [4.69, 9.17) is 9.47 Å². The van der Waals surface area contributed by atoms with Crippen molar-refractivity contribution >= 4 is 9.84 Å². The second-order valence-corrected chi connectivity index (χ2v) is 7.33. The van der Waals surface area contributed by atoms with Crippen LogP contribution in [0.4, 0.5) is 0 Å². The zero-order valence-corrected chi connectivity index (χ0v) is 11.6. The molecule has 6 heteroatoms. The molecule has 5 nitrogen and oxygen atoms in total. The highest BCUT2D eigenvalue weighted by Crippen LogP contribution is 2.34. The minimum Gasteiger partial charge on any atom is -0.454 e. The summed E-state index contributed by atoms with van der Waals surface area (Å²) in [5.74, 6) is 2.05. The Morgan fingerprint density at radius 1 is 1.32 bits per heavy atom. The topological polar surface area (TPSA) is 64.6 Å². The van der Waals surface area contributed by atoms with Gasteiger partial charge in [0.25, 0.3) is 0 Å². The zero-order valence-electron chi connectivity index (χ0n) is 10.8. The van der Waals surface area contributed by atoms with Gasteiger partial charge in [-0.15, -0.1) is 0 Å². The molecule has 0 radical (unpaired) electrons. The minimum absolute atomic E-state index is 0.0467. The maximum absolute atomic E-state index is 11.4. The molecule has 0 amide bonds. The minimum atomic E-state index is -2.84. The molecule has 2 aliphatic heterocycles. The molecule has 1 N–H and O–H groups in total. The van der Waals surface area contributed by atoms with Crippen molar-refractivity contribution in [2.75, 3.05) is 18.3 Å². The first-order valence-corrected chi connectivity index (χ1v) is 8.22. The lowest BCUT2D eigenvalue weighted by Crippen LogP contribution is -2.32.